The molecule has 2 aromatic carbocycles. The predicted octanol–water partition coefficient (Wildman–Crippen LogP) is 5.08. The maximum absolute atomic E-state index is 12.4. The molecule has 0 aliphatic carbocycles. The highest BCUT2D eigenvalue weighted by molar-refractivity contribution is 6.02. The summed E-state index contributed by atoms with van der Waals surface area (Å²) in [5.41, 5.74) is 6.49. The summed E-state index contributed by atoms with van der Waals surface area (Å²) >= 11 is 0. The van der Waals surface area contributed by atoms with E-state index < -0.39 is 0 Å². The number of carbonyl (C=O) groups excluding carboxylic acids is 1. The number of para-hydroxylation sites is 1. The highest BCUT2D eigenvalue weighted by Gasteiger charge is 2.14. The van der Waals surface area contributed by atoms with Gasteiger partial charge in [0.25, 0.3) is 5.91 Å². The molecule has 0 saturated carbocycles. The van der Waals surface area contributed by atoms with Gasteiger partial charge in [-0.15, -0.1) is 0 Å². The standard InChI is InChI=1S/C23H27N3O2/c1-5-14-28-19-12-10-18(11-13-19)23(27)25-24-15-21-17(4)26(16(2)3)22-9-7-6-8-20(21)22/h6-13,15-16H,5,14H2,1-4H3,(H,25,27)/b24-15-. The lowest BCUT2D eigenvalue weighted by Crippen LogP contribution is -2.17. The van der Waals surface area contributed by atoms with Crippen molar-refractivity contribution >= 4 is 23.0 Å². The number of carbonyl (C=O) groups is 1. The van der Waals surface area contributed by atoms with E-state index in [1.54, 1.807) is 30.5 Å². The van der Waals surface area contributed by atoms with Gasteiger partial charge in [0.2, 0.25) is 0 Å². The minimum absolute atomic E-state index is 0.247. The van der Waals surface area contributed by atoms with Gasteiger partial charge in [-0.05, 0) is 57.5 Å². The zero-order chi connectivity index (χ0) is 20.1. The van der Waals surface area contributed by atoms with Gasteiger partial charge >= 0.3 is 0 Å². The Morgan fingerprint density at radius 3 is 2.57 bits per heavy atom. The molecule has 3 rings (SSSR count). The second kappa shape index (κ2) is 8.74. The van der Waals surface area contributed by atoms with E-state index in [9.17, 15) is 4.79 Å². The lowest BCUT2D eigenvalue weighted by atomic mass is 10.1. The Balaban J connectivity index is 1.76. The number of hydrogen-bond donors (Lipinski definition) is 1. The summed E-state index contributed by atoms with van der Waals surface area (Å²) in [4.78, 5) is 12.4. The lowest BCUT2D eigenvalue weighted by molar-refractivity contribution is 0.0955. The zero-order valence-corrected chi connectivity index (χ0v) is 16.9. The summed E-state index contributed by atoms with van der Waals surface area (Å²) in [6.45, 7) is 9.13. The fourth-order valence-electron chi connectivity index (χ4n) is 3.39. The molecule has 1 N–H and O–H groups in total. The third kappa shape index (κ3) is 4.09. The van der Waals surface area contributed by atoms with Gasteiger partial charge in [-0.1, -0.05) is 25.1 Å². The van der Waals surface area contributed by atoms with Crippen LogP contribution in [0, 0.1) is 6.92 Å². The molecular weight excluding hydrogens is 350 g/mol. The Morgan fingerprint density at radius 2 is 1.89 bits per heavy atom. The number of rotatable bonds is 7. The van der Waals surface area contributed by atoms with Gasteiger partial charge in [-0.25, -0.2) is 5.43 Å². The second-order valence-electron chi connectivity index (χ2n) is 7.05. The van der Waals surface area contributed by atoms with Crippen LogP contribution in [0.15, 0.2) is 53.6 Å². The first kappa shape index (κ1) is 19.7. The predicted molar refractivity (Wildman–Crippen MR) is 114 cm³/mol. The van der Waals surface area contributed by atoms with Crippen molar-refractivity contribution in [1.82, 2.24) is 9.99 Å². The van der Waals surface area contributed by atoms with Crippen LogP contribution in [-0.4, -0.2) is 23.3 Å². The molecule has 0 saturated heterocycles. The molecule has 146 valence electrons. The largest absolute Gasteiger partial charge is 0.494 e. The Labute approximate surface area is 166 Å². The smallest absolute Gasteiger partial charge is 0.271 e. The SMILES string of the molecule is CCCOc1ccc(C(=O)N/N=C\c2c(C)n(C(C)C)c3ccccc23)cc1. The number of nitrogens with one attached hydrogen (secondary N) is 1. The molecule has 3 aromatic rings. The number of hydrazone groups is 1. The van der Waals surface area contributed by atoms with Crippen molar-refractivity contribution in [3.8, 4) is 5.75 Å². The van der Waals surface area contributed by atoms with Crippen molar-refractivity contribution < 1.29 is 9.53 Å². The van der Waals surface area contributed by atoms with Crippen LogP contribution in [0.2, 0.25) is 0 Å². The van der Waals surface area contributed by atoms with E-state index in [0.29, 0.717) is 18.2 Å². The first-order valence-corrected chi connectivity index (χ1v) is 9.68. The average molecular weight is 377 g/mol. The minimum atomic E-state index is -0.247. The fourth-order valence-corrected chi connectivity index (χ4v) is 3.39. The van der Waals surface area contributed by atoms with E-state index in [0.717, 1.165) is 28.8 Å². The molecule has 5 nitrogen and oxygen atoms in total. The van der Waals surface area contributed by atoms with Crippen molar-refractivity contribution in [3.63, 3.8) is 0 Å². The fraction of sp³-hybridized carbons (Fsp3) is 0.304. The summed E-state index contributed by atoms with van der Waals surface area (Å²) in [6, 6.07) is 15.7. The van der Waals surface area contributed by atoms with E-state index in [-0.39, 0.29) is 5.91 Å². The molecule has 0 aliphatic rings. The second-order valence-corrected chi connectivity index (χ2v) is 7.05. The Bertz CT molecular complexity index is 985. The Kier molecular flexibility index (Phi) is 6.14. The monoisotopic (exact) mass is 377 g/mol. The number of nitrogens with zero attached hydrogens (tertiary/aromatic N) is 2. The normalized spacial score (nSPS) is 11.5. The van der Waals surface area contributed by atoms with E-state index in [2.05, 4.69) is 54.9 Å². The lowest BCUT2D eigenvalue weighted by Gasteiger charge is -2.12. The van der Waals surface area contributed by atoms with Gasteiger partial charge in [0, 0.05) is 33.8 Å². The summed E-state index contributed by atoms with van der Waals surface area (Å²) in [6.07, 6.45) is 2.68. The van der Waals surface area contributed by atoms with Gasteiger partial charge < -0.3 is 9.30 Å². The number of ether oxygens (including phenoxy) is 1. The van der Waals surface area contributed by atoms with E-state index in [1.165, 1.54) is 5.52 Å². The number of hydrogen-bond acceptors (Lipinski definition) is 3. The average Bonchev–Trinajstić information content (AvgIpc) is 2.98. The minimum Gasteiger partial charge on any atom is -0.494 e. The quantitative estimate of drug-likeness (QED) is 0.461. The van der Waals surface area contributed by atoms with Crippen molar-refractivity contribution in [3.05, 3.63) is 65.4 Å². The molecule has 1 heterocycles. The molecule has 5 heteroatoms. The van der Waals surface area contributed by atoms with Crippen LogP contribution in [0.3, 0.4) is 0 Å². The van der Waals surface area contributed by atoms with Crippen molar-refractivity contribution in [2.75, 3.05) is 6.61 Å². The van der Waals surface area contributed by atoms with Crippen LogP contribution >= 0.6 is 0 Å². The highest BCUT2D eigenvalue weighted by atomic mass is 16.5. The van der Waals surface area contributed by atoms with Crippen LogP contribution in [0.1, 0.15) is 54.8 Å². The molecule has 0 aliphatic heterocycles. The first-order chi connectivity index (χ1) is 13.5. The molecule has 0 spiro atoms. The van der Waals surface area contributed by atoms with Crippen LogP contribution in [-0.2, 0) is 0 Å². The van der Waals surface area contributed by atoms with Gasteiger partial charge in [0.15, 0.2) is 0 Å². The van der Waals surface area contributed by atoms with Crippen molar-refractivity contribution in [2.24, 2.45) is 5.10 Å². The number of aromatic nitrogens is 1. The summed E-state index contributed by atoms with van der Waals surface area (Å²) in [5, 5.41) is 5.33. The van der Waals surface area contributed by atoms with Gasteiger partial charge in [-0.2, -0.15) is 5.10 Å². The Morgan fingerprint density at radius 1 is 1.18 bits per heavy atom. The third-order valence-corrected chi connectivity index (χ3v) is 4.67. The molecule has 0 fully saturated rings. The maximum atomic E-state index is 12.4. The number of fused-ring (bicyclic) bond motifs is 1. The molecule has 0 bridgehead atoms. The van der Waals surface area contributed by atoms with Crippen LogP contribution in [0.4, 0.5) is 0 Å². The van der Waals surface area contributed by atoms with Crippen LogP contribution < -0.4 is 10.2 Å². The van der Waals surface area contributed by atoms with Gasteiger partial charge in [-0.3, -0.25) is 4.79 Å². The molecule has 1 aromatic heterocycles. The number of amides is 1. The molecule has 1 amide bonds. The molecular formula is C23H27N3O2. The van der Waals surface area contributed by atoms with E-state index in [4.69, 9.17) is 4.74 Å². The zero-order valence-electron chi connectivity index (χ0n) is 16.9. The summed E-state index contributed by atoms with van der Waals surface area (Å²) < 4.78 is 7.83. The van der Waals surface area contributed by atoms with Gasteiger partial charge in [0.1, 0.15) is 5.75 Å². The summed E-state index contributed by atoms with van der Waals surface area (Å²) in [7, 11) is 0. The van der Waals surface area contributed by atoms with E-state index in [1.807, 2.05) is 12.1 Å². The maximum Gasteiger partial charge on any atom is 0.271 e. The molecule has 0 radical (unpaired) electrons. The molecule has 0 atom stereocenters. The highest BCUT2D eigenvalue weighted by Crippen LogP contribution is 2.27. The van der Waals surface area contributed by atoms with Crippen LogP contribution in [0.25, 0.3) is 10.9 Å². The summed E-state index contributed by atoms with van der Waals surface area (Å²) in [5.74, 6) is 0.516. The van der Waals surface area contributed by atoms with E-state index >= 15 is 0 Å². The first-order valence-electron chi connectivity index (χ1n) is 9.68. The number of benzene rings is 2. The van der Waals surface area contributed by atoms with Gasteiger partial charge in [0.05, 0.1) is 12.8 Å². The topological polar surface area (TPSA) is 55.6 Å². The molecule has 28 heavy (non-hydrogen) atoms. The third-order valence-electron chi connectivity index (χ3n) is 4.67. The van der Waals surface area contributed by atoms with Crippen molar-refractivity contribution in [2.45, 2.75) is 40.2 Å². The van der Waals surface area contributed by atoms with Crippen molar-refractivity contribution in [1.29, 1.82) is 0 Å². The van der Waals surface area contributed by atoms with Crippen LogP contribution in [0.5, 0.6) is 5.75 Å². The molecule has 0 unspecified atom stereocenters. The Hall–Kier alpha value is -3.08.